The molecule has 72 valence electrons. The van der Waals surface area contributed by atoms with Crippen molar-refractivity contribution in [2.75, 3.05) is 0 Å². The highest BCUT2D eigenvalue weighted by Crippen LogP contribution is 2.15. The Morgan fingerprint density at radius 1 is 0.929 bits per heavy atom. The van der Waals surface area contributed by atoms with Gasteiger partial charge in [0.15, 0.2) is 12.4 Å². The fourth-order valence-corrected chi connectivity index (χ4v) is 1.24. The Bertz CT molecular complexity index is 379. The summed E-state index contributed by atoms with van der Waals surface area (Å²) in [6.45, 7) is 0. The molecule has 2 heterocycles. The predicted octanol–water partition coefficient (Wildman–Crippen LogP) is 2.21. The summed E-state index contributed by atoms with van der Waals surface area (Å²) in [7, 11) is 2.01. The van der Waals surface area contributed by atoms with E-state index in [-0.39, 0.29) is 7.43 Å². The van der Waals surface area contributed by atoms with Crippen LogP contribution in [-0.4, -0.2) is 4.98 Å². The first-order valence-electron chi connectivity index (χ1n) is 4.22. The molecule has 2 aromatic heterocycles. The van der Waals surface area contributed by atoms with Gasteiger partial charge in [0, 0.05) is 24.5 Å². The highest BCUT2D eigenvalue weighted by molar-refractivity contribution is 5.61. The van der Waals surface area contributed by atoms with Gasteiger partial charge in [0.1, 0.15) is 7.05 Å². The molecule has 2 nitrogen and oxygen atoms in total. The van der Waals surface area contributed by atoms with Gasteiger partial charge < -0.3 is 0 Å². The van der Waals surface area contributed by atoms with Crippen molar-refractivity contribution in [2.24, 2.45) is 7.05 Å². The Morgan fingerprint density at radius 3 is 2.00 bits per heavy atom. The Balaban J connectivity index is 0.000000980. The molecule has 2 rings (SSSR count). The number of pyridine rings is 2. The minimum atomic E-state index is 0. The molecule has 0 radical (unpaired) electrons. The van der Waals surface area contributed by atoms with E-state index in [9.17, 15) is 0 Å². The largest absolute Gasteiger partial charge is 0.265 e. The maximum Gasteiger partial charge on any atom is 0.169 e. The lowest BCUT2D eigenvalue weighted by Crippen LogP contribution is -2.25. The molecule has 0 spiro atoms. The van der Waals surface area contributed by atoms with Crippen LogP contribution in [0, 0.1) is 0 Å². The molecule has 0 fully saturated rings. The van der Waals surface area contributed by atoms with Crippen LogP contribution in [0.3, 0.4) is 0 Å². The fourth-order valence-electron chi connectivity index (χ4n) is 1.24. The molecule has 0 saturated carbocycles. The zero-order valence-corrected chi connectivity index (χ0v) is 7.51. The maximum absolute atomic E-state index is 3.98. The van der Waals surface area contributed by atoms with Crippen LogP contribution >= 0.6 is 0 Å². The van der Waals surface area contributed by atoms with Crippen LogP contribution in [0.25, 0.3) is 11.1 Å². The van der Waals surface area contributed by atoms with Crippen LogP contribution < -0.4 is 4.57 Å². The third kappa shape index (κ3) is 2.16. The molecule has 0 aliphatic heterocycles. The summed E-state index contributed by atoms with van der Waals surface area (Å²) >= 11 is 0. The van der Waals surface area contributed by atoms with Crippen molar-refractivity contribution in [3.05, 3.63) is 49.1 Å². The van der Waals surface area contributed by atoms with Crippen molar-refractivity contribution < 1.29 is 4.57 Å². The van der Waals surface area contributed by atoms with E-state index in [0.29, 0.717) is 0 Å². The van der Waals surface area contributed by atoms with Gasteiger partial charge in [-0.3, -0.25) is 4.98 Å². The van der Waals surface area contributed by atoms with E-state index in [2.05, 4.69) is 17.1 Å². The highest BCUT2D eigenvalue weighted by Gasteiger charge is 1.97. The lowest BCUT2D eigenvalue weighted by atomic mass is 10.1. The van der Waals surface area contributed by atoms with E-state index >= 15 is 0 Å². The predicted molar refractivity (Wildman–Crippen MR) is 57.6 cm³/mol. The second-order valence-electron chi connectivity index (χ2n) is 2.99. The van der Waals surface area contributed by atoms with Crippen LogP contribution in [0.2, 0.25) is 0 Å². The van der Waals surface area contributed by atoms with E-state index in [1.54, 1.807) is 0 Å². The number of rotatable bonds is 1. The molecule has 0 aliphatic rings. The van der Waals surface area contributed by atoms with Gasteiger partial charge >= 0.3 is 0 Å². The summed E-state index contributed by atoms with van der Waals surface area (Å²) in [5, 5.41) is 0. The van der Waals surface area contributed by atoms with Gasteiger partial charge in [-0.2, -0.15) is 0 Å². The summed E-state index contributed by atoms with van der Waals surface area (Å²) in [5.74, 6) is 0. The van der Waals surface area contributed by atoms with Crippen molar-refractivity contribution in [2.45, 2.75) is 7.43 Å². The molecule has 2 aromatic rings. The summed E-state index contributed by atoms with van der Waals surface area (Å²) in [5.41, 5.74) is 2.43. The first-order valence-corrected chi connectivity index (χ1v) is 4.22. The van der Waals surface area contributed by atoms with E-state index in [1.807, 2.05) is 48.5 Å². The number of nitrogens with zero attached hydrogens (tertiary/aromatic N) is 2. The number of aryl methyl sites for hydroxylation is 1. The Labute approximate surface area is 84.9 Å². The average molecular weight is 187 g/mol. The fraction of sp³-hybridized carbons (Fsp3) is 0.167. The zero-order valence-electron chi connectivity index (χ0n) is 7.51. The van der Waals surface area contributed by atoms with Gasteiger partial charge in [-0.25, -0.2) is 4.57 Å². The minimum absolute atomic E-state index is 0. The summed E-state index contributed by atoms with van der Waals surface area (Å²) in [6, 6.07) is 8.20. The lowest BCUT2D eigenvalue weighted by molar-refractivity contribution is -0.671. The van der Waals surface area contributed by atoms with Crippen LogP contribution in [0.4, 0.5) is 0 Å². The molecular weight excluding hydrogens is 172 g/mol. The molecule has 0 atom stereocenters. The minimum Gasteiger partial charge on any atom is -0.265 e. The number of hydrogen-bond donors (Lipinski definition) is 0. The molecule has 0 amide bonds. The molecule has 0 unspecified atom stereocenters. The van der Waals surface area contributed by atoms with Crippen LogP contribution in [0.15, 0.2) is 49.1 Å². The van der Waals surface area contributed by atoms with Crippen LogP contribution in [0.1, 0.15) is 7.43 Å². The lowest BCUT2D eigenvalue weighted by Gasteiger charge is -1.97. The summed E-state index contributed by atoms with van der Waals surface area (Å²) in [4.78, 5) is 3.98. The summed E-state index contributed by atoms with van der Waals surface area (Å²) < 4.78 is 2.02. The topological polar surface area (TPSA) is 16.8 Å². The number of aromatic nitrogens is 2. The van der Waals surface area contributed by atoms with Gasteiger partial charge in [-0.05, 0) is 23.3 Å². The second kappa shape index (κ2) is 4.51. The van der Waals surface area contributed by atoms with Gasteiger partial charge in [-0.15, -0.1) is 0 Å². The third-order valence-corrected chi connectivity index (χ3v) is 1.99. The van der Waals surface area contributed by atoms with Gasteiger partial charge in [0.05, 0.1) is 0 Å². The second-order valence-corrected chi connectivity index (χ2v) is 2.99. The smallest absolute Gasteiger partial charge is 0.169 e. The Kier molecular flexibility index (Phi) is 3.35. The van der Waals surface area contributed by atoms with E-state index in [4.69, 9.17) is 0 Å². The average Bonchev–Trinajstić information content (AvgIpc) is 2.20. The monoisotopic (exact) mass is 187 g/mol. The molecule has 0 saturated heterocycles. The molecule has 0 aromatic carbocycles. The van der Waals surface area contributed by atoms with Crippen LogP contribution in [0.5, 0.6) is 0 Å². The standard InChI is InChI=1S/C11H11N2.CH4/c1-13-8-4-11(5-9-13)10-2-6-12-7-3-10;/h2-9H,1H3;1H4/q+1;. The Hall–Kier alpha value is -1.70. The third-order valence-electron chi connectivity index (χ3n) is 1.99. The van der Waals surface area contributed by atoms with Crippen molar-refractivity contribution in [3.8, 4) is 11.1 Å². The maximum atomic E-state index is 3.98. The quantitative estimate of drug-likeness (QED) is 0.625. The van der Waals surface area contributed by atoms with Crippen molar-refractivity contribution in [1.29, 1.82) is 0 Å². The van der Waals surface area contributed by atoms with E-state index < -0.39 is 0 Å². The van der Waals surface area contributed by atoms with Crippen molar-refractivity contribution in [3.63, 3.8) is 0 Å². The van der Waals surface area contributed by atoms with Gasteiger partial charge in [0.2, 0.25) is 0 Å². The SMILES string of the molecule is C.C[n+]1ccc(-c2ccncc2)cc1. The molecule has 2 heteroatoms. The van der Waals surface area contributed by atoms with E-state index in [1.165, 1.54) is 11.1 Å². The first-order chi connectivity index (χ1) is 6.36. The van der Waals surface area contributed by atoms with Crippen molar-refractivity contribution in [1.82, 2.24) is 4.98 Å². The molecule has 0 aliphatic carbocycles. The van der Waals surface area contributed by atoms with Crippen molar-refractivity contribution >= 4 is 0 Å². The first kappa shape index (κ1) is 10.4. The molecule has 0 N–H and O–H groups in total. The van der Waals surface area contributed by atoms with Gasteiger partial charge in [0.25, 0.3) is 0 Å². The Morgan fingerprint density at radius 2 is 1.43 bits per heavy atom. The summed E-state index contributed by atoms with van der Waals surface area (Å²) in [6.07, 6.45) is 7.69. The zero-order chi connectivity index (χ0) is 9.10. The van der Waals surface area contributed by atoms with Crippen LogP contribution in [-0.2, 0) is 7.05 Å². The number of hydrogen-bond acceptors (Lipinski definition) is 1. The molecular formula is C12H15N2+. The van der Waals surface area contributed by atoms with Gasteiger partial charge in [-0.1, -0.05) is 7.43 Å². The molecule has 14 heavy (non-hydrogen) atoms. The van der Waals surface area contributed by atoms with E-state index in [0.717, 1.165) is 0 Å². The normalized spacial score (nSPS) is 9.21. The highest BCUT2D eigenvalue weighted by atomic mass is 14.9. The molecule has 0 bridgehead atoms.